The van der Waals surface area contributed by atoms with Gasteiger partial charge in [-0.3, -0.25) is 19.4 Å². The molecule has 0 aromatic heterocycles. The van der Waals surface area contributed by atoms with Crippen LogP contribution in [-0.4, -0.2) is 67.2 Å². The maximum Gasteiger partial charge on any atom is 0.267 e. The smallest absolute Gasteiger partial charge is 0.267 e. The number of hydrogen-bond acceptors (Lipinski definition) is 9. The van der Waals surface area contributed by atoms with E-state index < -0.39 is 0 Å². The van der Waals surface area contributed by atoms with Gasteiger partial charge in [0.05, 0.1) is 18.5 Å². The van der Waals surface area contributed by atoms with Gasteiger partial charge in [-0.05, 0) is 25.1 Å². The van der Waals surface area contributed by atoms with E-state index in [1.54, 1.807) is 9.80 Å². The molecule has 8 nitrogen and oxygen atoms in total. The molecule has 2 heterocycles. The Morgan fingerprint density at radius 1 is 0.833 bits per heavy atom. The maximum atomic E-state index is 13.3. The first kappa shape index (κ1) is 25.3. The first-order valence-electron chi connectivity index (χ1n) is 9.80. The summed E-state index contributed by atoms with van der Waals surface area (Å²) in [4.78, 5) is 50.8. The zero-order valence-electron chi connectivity index (χ0n) is 17.7. The van der Waals surface area contributed by atoms with Gasteiger partial charge in [-0.1, -0.05) is 50.2 Å². The SMILES string of the molecule is CCCCN1C(=O)C(=C2SC(COOC)=C(COOC)S2)C(=O)N(CCCC)C1=S. The van der Waals surface area contributed by atoms with Crippen molar-refractivity contribution in [2.75, 3.05) is 40.5 Å². The van der Waals surface area contributed by atoms with Crippen molar-refractivity contribution in [1.29, 1.82) is 0 Å². The Kier molecular flexibility index (Phi) is 10.8. The Morgan fingerprint density at radius 3 is 1.63 bits per heavy atom. The van der Waals surface area contributed by atoms with E-state index in [1.807, 2.05) is 13.8 Å². The molecule has 11 heteroatoms. The summed E-state index contributed by atoms with van der Waals surface area (Å²) in [6.45, 7) is 5.42. The zero-order chi connectivity index (χ0) is 22.1. The molecule has 0 radical (unpaired) electrons. The number of nitrogens with zero attached hydrogens (tertiary/aromatic N) is 2. The number of rotatable bonds is 12. The standard InChI is InChI=1S/C19H28N2O6S3/c1-5-7-9-20-16(22)15(17(23)21(19(20)28)10-8-6-2)18-29-13(11-26-24-3)14(30-18)12-27-25-4/h5-12H2,1-4H3. The molecule has 0 spiro atoms. The molecule has 1 fully saturated rings. The molecule has 0 aliphatic carbocycles. The summed E-state index contributed by atoms with van der Waals surface area (Å²) < 4.78 is 0.597. The van der Waals surface area contributed by atoms with Crippen molar-refractivity contribution in [2.45, 2.75) is 39.5 Å². The fourth-order valence-electron chi connectivity index (χ4n) is 2.79. The Bertz CT molecular complexity index is 671. The summed E-state index contributed by atoms with van der Waals surface area (Å²) in [5.41, 5.74) is 0.146. The molecule has 0 aromatic carbocycles. The lowest BCUT2D eigenvalue weighted by atomic mass is 10.1. The average Bonchev–Trinajstić information content (AvgIpc) is 3.13. The number of carbonyl (C=O) groups is 2. The predicted octanol–water partition coefficient (Wildman–Crippen LogP) is 3.60. The second-order valence-corrected chi connectivity index (χ2v) is 9.31. The van der Waals surface area contributed by atoms with Crippen LogP contribution < -0.4 is 0 Å². The minimum Gasteiger partial charge on any atom is -0.284 e. The zero-order valence-corrected chi connectivity index (χ0v) is 20.2. The summed E-state index contributed by atoms with van der Waals surface area (Å²) in [6.07, 6.45) is 3.46. The molecule has 30 heavy (non-hydrogen) atoms. The van der Waals surface area contributed by atoms with Crippen LogP contribution in [0.2, 0.25) is 0 Å². The fraction of sp³-hybridized carbons (Fsp3) is 0.632. The number of hydrogen-bond donors (Lipinski definition) is 0. The molecule has 1 saturated heterocycles. The van der Waals surface area contributed by atoms with Crippen LogP contribution in [0.3, 0.4) is 0 Å². The van der Waals surface area contributed by atoms with Crippen molar-refractivity contribution < 1.29 is 29.1 Å². The van der Waals surface area contributed by atoms with Gasteiger partial charge in [0, 0.05) is 22.9 Å². The van der Waals surface area contributed by atoms with Crippen molar-refractivity contribution in [3.63, 3.8) is 0 Å². The Hall–Kier alpha value is -0.950. The second-order valence-electron chi connectivity index (χ2n) is 6.47. The molecule has 168 valence electrons. The molecule has 2 amide bonds. The molecule has 2 rings (SSSR count). The van der Waals surface area contributed by atoms with E-state index in [1.165, 1.54) is 37.7 Å². The van der Waals surface area contributed by atoms with Crippen LogP contribution in [0.1, 0.15) is 39.5 Å². The number of thiocarbonyl (C=S) groups is 1. The summed E-state index contributed by atoms with van der Waals surface area (Å²) >= 11 is 8.15. The predicted molar refractivity (Wildman–Crippen MR) is 121 cm³/mol. The molecular weight excluding hydrogens is 448 g/mol. The van der Waals surface area contributed by atoms with Gasteiger partial charge < -0.3 is 0 Å². The van der Waals surface area contributed by atoms with E-state index in [9.17, 15) is 9.59 Å². The molecule has 0 saturated carbocycles. The maximum absolute atomic E-state index is 13.3. The monoisotopic (exact) mass is 476 g/mol. The minimum atomic E-state index is -0.345. The van der Waals surface area contributed by atoms with Crippen LogP contribution in [0.15, 0.2) is 19.6 Å². The van der Waals surface area contributed by atoms with Crippen LogP contribution in [-0.2, 0) is 29.1 Å². The van der Waals surface area contributed by atoms with Gasteiger partial charge in [0.1, 0.15) is 18.8 Å². The number of carbonyl (C=O) groups excluding carboxylic acids is 2. The van der Waals surface area contributed by atoms with Crippen LogP contribution in [0.5, 0.6) is 0 Å². The molecule has 0 N–H and O–H groups in total. The highest BCUT2D eigenvalue weighted by atomic mass is 32.2. The number of amides is 2. The number of thioether (sulfide) groups is 2. The van der Waals surface area contributed by atoms with E-state index >= 15 is 0 Å². The highest BCUT2D eigenvalue weighted by Crippen LogP contribution is 2.51. The van der Waals surface area contributed by atoms with E-state index in [0.717, 1.165) is 35.5 Å². The van der Waals surface area contributed by atoms with Crippen LogP contribution in [0.4, 0.5) is 0 Å². The van der Waals surface area contributed by atoms with Gasteiger partial charge in [0.15, 0.2) is 5.11 Å². The van der Waals surface area contributed by atoms with Crippen molar-refractivity contribution >= 4 is 52.7 Å². The van der Waals surface area contributed by atoms with E-state index in [2.05, 4.69) is 0 Å². The third-order valence-corrected chi connectivity index (χ3v) is 7.48. The Balaban J connectivity index is 2.37. The third kappa shape index (κ3) is 6.06. The summed E-state index contributed by atoms with van der Waals surface area (Å²) in [5.74, 6) is -0.691. The van der Waals surface area contributed by atoms with Gasteiger partial charge in [0.25, 0.3) is 11.8 Å². The van der Waals surface area contributed by atoms with Crippen LogP contribution in [0, 0.1) is 0 Å². The molecule has 2 aliphatic heterocycles. The molecular formula is C19H28N2O6S3. The van der Waals surface area contributed by atoms with E-state index in [-0.39, 0.29) is 30.6 Å². The van der Waals surface area contributed by atoms with Gasteiger partial charge in [0.2, 0.25) is 0 Å². The van der Waals surface area contributed by atoms with Gasteiger partial charge in [-0.2, -0.15) is 0 Å². The van der Waals surface area contributed by atoms with Gasteiger partial charge in [-0.15, -0.1) is 0 Å². The topological polar surface area (TPSA) is 77.5 Å². The molecule has 0 atom stereocenters. The van der Waals surface area contributed by atoms with Crippen molar-refractivity contribution in [1.82, 2.24) is 9.80 Å². The first-order valence-corrected chi connectivity index (χ1v) is 11.8. The fourth-order valence-corrected chi connectivity index (χ4v) is 5.72. The Morgan fingerprint density at radius 2 is 1.27 bits per heavy atom. The normalized spacial score (nSPS) is 17.8. The first-order chi connectivity index (χ1) is 14.5. The van der Waals surface area contributed by atoms with Gasteiger partial charge >= 0.3 is 0 Å². The van der Waals surface area contributed by atoms with Crippen molar-refractivity contribution in [3.8, 4) is 0 Å². The van der Waals surface area contributed by atoms with Crippen molar-refractivity contribution in [3.05, 3.63) is 19.6 Å². The highest BCUT2D eigenvalue weighted by Gasteiger charge is 2.42. The minimum absolute atomic E-state index is 0.146. The summed E-state index contributed by atoms with van der Waals surface area (Å²) in [6, 6.07) is 0. The summed E-state index contributed by atoms with van der Waals surface area (Å²) in [5, 5.41) is 0.295. The van der Waals surface area contributed by atoms with E-state index in [0.29, 0.717) is 22.4 Å². The van der Waals surface area contributed by atoms with E-state index in [4.69, 9.17) is 31.8 Å². The third-order valence-electron chi connectivity index (χ3n) is 4.41. The van der Waals surface area contributed by atoms with Crippen LogP contribution in [0.25, 0.3) is 0 Å². The largest absolute Gasteiger partial charge is 0.284 e. The van der Waals surface area contributed by atoms with Gasteiger partial charge in [-0.25, -0.2) is 19.6 Å². The molecule has 0 bridgehead atoms. The quantitative estimate of drug-likeness (QED) is 0.138. The molecule has 2 aliphatic rings. The Labute approximate surface area is 191 Å². The van der Waals surface area contributed by atoms with Crippen molar-refractivity contribution in [2.24, 2.45) is 0 Å². The lowest BCUT2D eigenvalue weighted by molar-refractivity contribution is -0.267. The summed E-state index contributed by atoms with van der Waals surface area (Å²) in [7, 11) is 2.84. The highest BCUT2D eigenvalue weighted by molar-refractivity contribution is 8.28. The molecule has 0 unspecified atom stereocenters. The average molecular weight is 477 g/mol. The number of unbranched alkanes of at least 4 members (excludes halogenated alkanes) is 2. The second kappa shape index (κ2) is 12.8. The lowest BCUT2D eigenvalue weighted by Crippen LogP contribution is -2.56. The van der Waals surface area contributed by atoms with Crippen LogP contribution >= 0.6 is 35.7 Å². The lowest BCUT2D eigenvalue weighted by Gasteiger charge is -2.37. The molecule has 0 aromatic rings.